The van der Waals surface area contributed by atoms with Crippen LogP contribution in [-0.2, 0) is 5.54 Å². The Hall–Kier alpha value is -2.09. The van der Waals surface area contributed by atoms with Gasteiger partial charge < -0.3 is 10.2 Å². The van der Waals surface area contributed by atoms with Gasteiger partial charge in [-0.05, 0) is 87.5 Å². The summed E-state index contributed by atoms with van der Waals surface area (Å²) in [4.78, 5) is 4.12. The molecule has 5 fully saturated rings. The van der Waals surface area contributed by atoms with E-state index in [1.807, 2.05) is 11.7 Å². The fraction of sp³-hybridized carbons (Fsp3) is 0.696. The summed E-state index contributed by atoms with van der Waals surface area (Å²) < 4.78 is 26.9. The number of benzene rings is 1. The lowest BCUT2D eigenvalue weighted by Crippen LogP contribution is -2.67. The van der Waals surface area contributed by atoms with Crippen molar-refractivity contribution in [3.05, 3.63) is 35.7 Å². The van der Waals surface area contributed by atoms with Gasteiger partial charge in [0.15, 0.2) is 17.5 Å². The highest BCUT2D eigenvalue weighted by molar-refractivity contribution is 5.47. The van der Waals surface area contributed by atoms with Crippen LogP contribution < -0.4 is 10.2 Å². The van der Waals surface area contributed by atoms with E-state index in [9.17, 15) is 8.78 Å². The Labute approximate surface area is 181 Å². The molecule has 166 valence electrons. The van der Waals surface area contributed by atoms with Crippen LogP contribution in [-0.4, -0.2) is 44.9 Å². The number of aromatic nitrogens is 4. The molecule has 6 nitrogen and oxygen atoms in total. The van der Waals surface area contributed by atoms with Gasteiger partial charge in [-0.25, -0.2) is 8.78 Å². The Morgan fingerprint density at radius 3 is 2.42 bits per heavy atom. The van der Waals surface area contributed by atoms with Gasteiger partial charge in [0, 0.05) is 36.4 Å². The minimum Gasteiger partial charge on any atom is -0.371 e. The lowest BCUT2D eigenvalue weighted by molar-refractivity contribution is -0.0890. The zero-order valence-electron chi connectivity index (χ0n) is 18.0. The predicted octanol–water partition coefficient (Wildman–Crippen LogP) is 3.57. The number of hydrogen-bond acceptors (Lipinski definition) is 5. The molecule has 1 aliphatic heterocycles. The minimum atomic E-state index is -0.784. The summed E-state index contributed by atoms with van der Waals surface area (Å²) in [6, 6.07) is 4.69. The molecule has 2 heterocycles. The average molecular weight is 429 g/mol. The minimum absolute atomic E-state index is 0.0185. The van der Waals surface area contributed by atoms with Crippen molar-refractivity contribution >= 4 is 5.69 Å². The first-order valence-corrected chi connectivity index (χ1v) is 11.7. The van der Waals surface area contributed by atoms with Gasteiger partial charge in [0.1, 0.15) is 0 Å². The highest BCUT2D eigenvalue weighted by atomic mass is 19.2. The number of rotatable bonds is 4. The Kier molecular flexibility index (Phi) is 4.39. The van der Waals surface area contributed by atoms with E-state index in [4.69, 9.17) is 0 Å². The molecule has 1 aromatic heterocycles. The van der Waals surface area contributed by atoms with Gasteiger partial charge in [-0.1, -0.05) is 0 Å². The fourth-order valence-electron chi connectivity index (χ4n) is 7.50. The maximum atomic E-state index is 13.6. The van der Waals surface area contributed by atoms with Gasteiger partial charge in [0.05, 0.1) is 5.54 Å². The molecule has 31 heavy (non-hydrogen) atoms. The Bertz CT molecular complexity index is 968. The van der Waals surface area contributed by atoms with Gasteiger partial charge in [-0.15, -0.1) is 10.2 Å². The van der Waals surface area contributed by atoms with E-state index in [2.05, 4.69) is 25.6 Å². The van der Waals surface area contributed by atoms with Gasteiger partial charge >= 0.3 is 0 Å². The van der Waals surface area contributed by atoms with Crippen LogP contribution in [0.5, 0.6) is 0 Å². The summed E-state index contributed by atoms with van der Waals surface area (Å²) in [5.41, 5.74) is 0.962. The molecule has 5 aliphatic rings. The van der Waals surface area contributed by atoms with E-state index in [1.54, 1.807) is 6.07 Å². The summed E-state index contributed by atoms with van der Waals surface area (Å²) in [5, 5.41) is 17.3. The highest BCUT2D eigenvalue weighted by Crippen LogP contribution is 2.60. The molecule has 1 saturated heterocycles. The number of hydrogen-bond donors (Lipinski definition) is 1. The topological polar surface area (TPSA) is 58.9 Å². The summed E-state index contributed by atoms with van der Waals surface area (Å²) in [7, 11) is 0. The lowest BCUT2D eigenvalue weighted by atomic mass is 9.50. The second kappa shape index (κ2) is 6.95. The molecular weight excluding hydrogens is 398 g/mol. The molecule has 1 aromatic carbocycles. The number of halogens is 2. The van der Waals surface area contributed by atoms with E-state index >= 15 is 0 Å². The number of anilines is 1. The fourth-order valence-corrected chi connectivity index (χ4v) is 7.50. The number of nitrogens with zero attached hydrogens (tertiary/aromatic N) is 5. The van der Waals surface area contributed by atoms with Crippen LogP contribution in [0.15, 0.2) is 18.2 Å². The molecule has 0 spiro atoms. The molecule has 8 heteroatoms. The molecule has 4 saturated carbocycles. The van der Waals surface area contributed by atoms with Crippen molar-refractivity contribution in [2.75, 3.05) is 18.0 Å². The van der Waals surface area contributed by atoms with Crippen molar-refractivity contribution in [2.24, 2.45) is 11.8 Å². The van der Waals surface area contributed by atoms with Crippen LogP contribution >= 0.6 is 0 Å². The highest BCUT2D eigenvalue weighted by Gasteiger charge is 2.60. The van der Waals surface area contributed by atoms with Crippen LogP contribution in [0.25, 0.3) is 0 Å². The van der Waals surface area contributed by atoms with Crippen LogP contribution in [0.1, 0.15) is 57.2 Å². The number of piperidine rings is 1. The van der Waals surface area contributed by atoms with Gasteiger partial charge in [-0.2, -0.15) is 4.80 Å². The first-order chi connectivity index (χ1) is 14.9. The van der Waals surface area contributed by atoms with E-state index in [0.717, 1.165) is 55.7 Å². The zero-order chi connectivity index (χ0) is 21.2. The summed E-state index contributed by atoms with van der Waals surface area (Å²) >= 11 is 0. The molecule has 0 amide bonds. The molecule has 2 atom stereocenters. The molecule has 4 aliphatic carbocycles. The third kappa shape index (κ3) is 3.34. The number of tetrazole rings is 1. The van der Waals surface area contributed by atoms with E-state index in [-0.39, 0.29) is 11.1 Å². The molecule has 2 unspecified atom stereocenters. The molecule has 0 radical (unpaired) electrons. The molecule has 1 N–H and O–H groups in total. The molecule has 2 aromatic rings. The van der Waals surface area contributed by atoms with Crippen LogP contribution in [0.2, 0.25) is 0 Å². The largest absolute Gasteiger partial charge is 0.371 e. The van der Waals surface area contributed by atoms with Crippen molar-refractivity contribution in [1.82, 2.24) is 25.5 Å². The predicted molar refractivity (Wildman–Crippen MR) is 113 cm³/mol. The number of nitrogens with one attached hydrogen (secondary N) is 1. The Morgan fingerprint density at radius 1 is 1.03 bits per heavy atom. The smallest absolute Gasteiger partial charge is 0.171 e. The SMILES string of the molecule is Cc1nnn(C23CC4CC(CC(NC5CCN(c6ccc(F)c(F)c6)CC5)(C4)C2)C3)n1. The van der Waals surface area contributed by atoms with E-state index in [1.165, 1.54) is 44.2 Å². The second-order valence-corrected chi connectivity index (χ2v) is 10.6. The Morgan fingerprint density at radius 2 is 1.77 bits per heavy atom. The van der Waals surface area contributed by atoms with Crippen LogP contribution in [0.4, 0.5) is 14.5 Å². The van der Waals surface area contributed by atoms with Crippen molar-refractivity contribution in [3.63, 3.8) is 0 Å². The van der Waals surface area contributed by atoms with Gasteiger partial charge in [0.25, 0.3) is 0 Å². The lowest BCUT2D eigenvalue weighted by Gasteiger charge is -2.62. The maximum absolute atomic E-state index is 13.6. The summed E-state index contributed by atoms with van der Waals surface area (Å²) in [6.45, 7) is 3.64. The third-order valence-electron chi connectivity index (χ3n) is 8.24. The van der Waals surface area contributed by atoms with Gasteiger partial charge in [-0.3, -0.25) is 0 Å². The normalized spacial score (nSPS) is 35.1. The quantitative estimate of drug-likeness (QED) is 0.807. The standard InChI is InChI=1S/C23H30F2N6/c1-15-27-29-31(28-15)23-12-16-8-17(13-23)11-22(10-16,14-23)26-18-4-6-30(7-5-18)19-2-3-20(24)21(25)9-19/h2-3,9,16-18,26H,4-8,10-14H2,1H3. The van der Waals surface area contributed by atoms with E-state index in [0.29, 0.717) is 6.04 Å². The monoisotopic (exact) mass is 428 g/mol. The van der Waals surface area contributed by atoms with E-state index < -0.39 is 11.6 Å². The summed E-state index contributed by atoms with van der Waals surface area (Å²) in [6.07, 6.45) is 9.33. The Balaban J connectivity index is 1.16. The molecule has 7 rings (SSSR count). The van der Waals surface area contributed by atoms with Crippen molar-refractivity contribution < 1.29 is 8.78 Å². The second-order valence-electron chi connectivity index (χ2n) is 10.6. The maximum Gasteiger partial charge on any atom is 0.171 e. The van der Waals surface area contributed by atoms with Crippen molar-refractivity contribution in [1.29, 1.82) is 0 Å². The third-order valence-corrected chi connectivity index (χ3v) is 8.24. The van der Waals surface area contributed by atoms with Crippen molar-refractivity contribution in [2.45, 2.75) is 75.4 Å². The molecule has 4 bridgehead atoms. The average Bonchev–Trinajstić information content (AvgIpc) is 3.17. The van der Waals surface area contributed by atoms with Crippen LogP contribution in [0.3, 0.4) is 0 Å². The summed E-state index contributed by atoms with van der Waals surface area (Å²) in [5.74, 6) is 0.675. The zero-order valence-corrected chi connectivity index (χ0v) is 18.0. The first kappa shape index (κ1) is 19.6. The first-order valence-electron chi connectivity index (χ1n) is 11.7. The van der Waals surface area contributed by atoms with Gasteiger partial charge in [0.2, 0.25) is 0 Å². The number of aryl methyl sites for hydroxylation is 1. The van der Waals surface area contributed by atoms with Crippen LogP contribution in [0, 0.1) is 30.4 Å². The molecular formula is C23H30F2N6. The van der Waals surface area contributed by atoms with Crippen molar-refractivity contribution in [3.8, 4) is 0 Å².